The van der Waals surface area contributed by atoms with Crippen LogP contribution in [-0.4, -0.2) is 36.2 Å². The molecule has 0 bridgehead atoms. The molecule has 1 aliphatic rings. The third-order valence-electron chi connectivity index (χ3n) is 3.63. The number of hydrogen-bond donors (Lipinski definition) is 2. The predicted octanol–water partition coefficient (Wildman–Crippen LogP) is 1.39. The zero-order valence-corrected chi connectivity index (χ0v) is 11.9. The van der Waals surface area contributed by atoms with Crippen molar-refractivity contribution in [1.29, 1.82) is 0 Å². The minimum atomic E-state index is -0.219. The number of aromatic nitrogens is 1. The molecule has 0 atom stereocenters. The van der Waals surface area contributed by atoms with Crippen molar-refractivity contribution in [3.63, 3.8) is 0 Å². The molecule has 20 heavy (non-hydrogen) atoms. The van der Waals surface area contributed by atoms with Crippen LogP contribution >= 0.6 is 0 Å². The molecule has 6 heteroatoms. The van der Waals surface area contributed by atoms with Crippen LogP contribution in [0.4, 0.5) is 0 Å². The molecule has 0 saturated heterocycles. The van der Waals surface area contributed by atoms with Gasteiger partial charge in [-0.05, 0) is 39.0 Å². The Balaban J connectivity index is 1.56. The molecule has 0 unspecified atom stereocenters. The molecule has 112 valence electrons. The Hall–Kier alpha value is -1.40. The van der Waals surface area contributed by atoms with Crippen molar-refractivity contribution in [3.8, 4) is 0 Å². The highest BCUT2D eigenvalue weighted by Gasteiger charge is 2.18. The van der Waals surface area contributed by atoms with E-state index in [0.717, 1.165) is 32.1 Å². The smallest absolute Gasteiger partial charge is 0.288 e. The maximum Gasteiger partial charge on any atom is 0.288 e. The third-order valence-corrected chi connectivity index (χ3v) is 3.63. The van der Waals surface area contributed by atoms with Crippen molar-refractivity contribution in [2.75, 3.05) is 13.2 Å². The highest BCUT2D eigenvalue weighted by atomic mass is 16.5. The first-order valence-electron chi connectivity index (χ1n) is 7.22. The second-order valence-electron chi connectivity index (χ2n) is 5.28. The molecule has 1 amide bonds. The van der Waals surface area contributed by atoms with E-state index in [-0.39, 0.29) is 11.7 Å². The van der Waals surface area contributed by atoms with Gasteiger partial charge in [0.15, 0.2) is 6.39 Å². The number of nitrogens with one attached hydrogen (secondary N) is 1. The number of carbonyl (C=O) groups excluding carboxylic acids is 1. The Morgan fingerprint density at radius 3 is 2.90 bits per heavy atom. The molecule has 1 aliphatic carbocycles. The molecule has 0 aliphatic heterocycles. The molecule has 1 heterocycles. The normalized spacial score (nSPS) is 22.7. The molecule has 0 radical (unpaired) electrons. The van der Waals surface area contributed by atoms with Gasteiger partial charge in [-0.3, -0.25) is 4.79 Å². The fraction of sp³-hybridized carbons (Fsp3) is 0.714. The van der Waals surface area contributed by atoms with E-state index in [1.807, 2.05) is 0 Å². The molecule has 1 fully saturated rings. The highest BCUT2D eigenvalue weighted by Crippen LogP contribution is 2.19. The Morgan fingerprint density at radius 1 is 1.50 bits per heavy atom. The van der Waals surface area contributed by atoms with Gasteiger partial charge in [-0.1, -0.05) is 0 Å². The van der Waals surface area contributed by atoms with Crippen molar-refractivity contribution in [1.82, 2.24) is 10.3 Å². The van der Waals surface area contributed by atoms with Crippen molar-refractivity contribution >= 4 is 5.91 Å². The SMILES string of the molecule is Cc1ncoc1C(=O)NCCCOC1CCC(N)CC1. The van der Waals surface area contributed by atoms with Crippen LogP contribution in [0.1, 0.15) is 48.4 Å². The second-order valence-corrected chi connectivity index (χ2v) is 5.28. The van der Waals surface area contributed by atoms with E-state index in [2.05, 4.69) is 10.3 Å². The fourth-order valence-corrected chi connectivity index (χ4v) is 2.38. The van der Waals surface area contributed by atoms with Gasteiger partial charge in [-0.2, -0.15) is 0 Å². The summed E-state index contributed by atoms with van der Waals surface area (Å²) in [5.41, 5.74) is 6.46. The van der Waals surface area contributed by atoms with Gasteiger partial charge in [0.1, 0.15) is 0 Å². The summed E-state index contributed by atoms with van der Waals surface area (Å²) in [4.78, 5) is 15.6. The summed E-state index contributed by atoms with van der Waals surface area (Å²) >= 11 is 0. The van der Waals surface area contributed by atoms with E-state index < -0.39 is 0 Å². The predicted molar refractivity (Wildman–Crippen MR) is 74.4 cm³/mol. The number of aryl methyl sites for hydroxylation is 1. The van der Waals surface area contributed by atoms with Crippen LogP contribution in [0.3, 0.4) is 0 Å². The summed E-state index contributed by atoms with van der Waals surface area (Å²) in [5, 5.41) is 2.80. The molecule has 1 aromatic rings. The average Bonchev–Trinajstić information content (AvgIpc) is 2.86. The highest BCUT2D eigenvalue weighted by molar-refractivity contribution is 5.92. The number of nitrogens with zero attached hydrogens (tertiary/aromatic N) is 1. The number of rotatable bonds is 6. The van der Waals surface area contributed by atoms with Gasteiger partial charge in [0.05, 0.1) is 11.8 Å². The Labute approximate surface area is 119 Å². The standard InChI is InChI=1S/C14H23N3O3/c1-10-13(20-9-17-10)14(18)16-7-2-8-19-12-5-3-11(15)4-6-12/h9,11-12H,2-8,15H2,1H3,(H,16,18). The minimum absolute atomic E-state index is 0.219. The van der Waals surface area contributed by atoms with Crippen molar-refractivity contribution in [2.24, 2.45) is 5.73 Å². The molecule has 0 aromatic carbocycles. The summed E-state index contributed by atoms with van der Waals surface area (Å²) in [7, 11) is 0. The van der Waals surface area contributed by atoms with Crippen LogP contribution in [0.25, 0.3) is 0 Å². The Morgan fingerprint density at radius 2 is 2.25 bits per heavy atom. The Bertz CT molecular complexity index is 425. The summed E-state index contributed by atoms with van der Waals surface area (Å²) < 4.78 is 10.8. The van der Waals surface area contributed by atoms with E-state index in [9.17, 15) is 4.79 Å². The van der Waals surface area contributed by atoms with E-state index in [1.165, 1.54) is 6.39 Å². The minimum Gasteiger partial charge on any atom is -0.438 e. The Kier molecular flexibility index (Phi) is 5.55. The van der Waals surface area contributed by atoms with Gasteiger partial charge in [-0.15, -0.1) is 0 Å². The van der Waals surface area contributed by atoms with E-state index in [0.29, 0.717) is 31.0 Å². The number of nitrogens with two attached hydrogens (primary N) is 1. The first-order valence-corrected chi connectivity index (χ1v) is 7.22. The van der Waals surface area contributed by atoms with Gasteiger partial charge in [0.2, 0.25) is 5.76 Å². The molecular weight excluding hydrogens is 258 g/mol. The lowest BCUT2D eigenvalue weighted by molar-refractivity contribution is 0.0241. The molecule has 6 nitrogen and oxygen atoms in total. The average molecular weight is 281 g/mol. The van der Waals surface area contributed by atoms with Gasteiger partial charge in [-0.25, -0.2) is 4.98 Å². The number of oxazole rings is 1. The zero-order chi connectivity index (χ0) is 14.4. The molecular formula is C14H23N3O3. The lowest BCUT2D eigenvalue weighted by Gasteiger charge is -2.26. The van der Waals surface area contributed by atoms with Gasteiger partial charge in [0, 0.05) is 19.2 Å². The van der Waals surface area contributed by atoms with Gasteiger partial charge >= 0.3 is 0 Å². The van der Waals surface area contributed by atoms with Crippen LogP contribution in [-0.2, 0) is 4.74 Å². The summed E-state index contributed by atoms with van der Waals surface area (Å²) in [6, 6.07) is 0.347. The van der Waals surface area contributed by atoms with Crippen molar-refractivity contribution in [2.45, 2.75) is 51.2 Å². The van der Waals surface area contributed by atoms with Crippen molar-refractivity contribution in [3.05, 3.63) is 17.8 Å². The van der Waals surface area contributed by atoms with E-state index >= 15 is 0 Å². The maximum atomic E-state index is 11.7. The summed E-state index contributed by atoms with van der Waals surface area (Å²) in [6.07, 6.45) is 6.60. The topological polar surface area (TPSA) is 90.4 Å². The van der Waals surface area contributed by atoms with E-state index in [4.69, 9.17) is 14.9 Å². The molecule has 2 rings (SSSR count). The zero-order valence-electron chi connectivity index (χ0n) is 11.9. The van der Waals surface area contributed by atoms with Crippen LogP contribution in [0.2, 0.25) is 0 Å². The molecule has 3 N–H and O–H groups in total. The maximum absolute atomic E-state index is 11.7. The van der Waals surface area contributed by atoms with Crippen LogP contribution in [0.5, 0.6) is 0 Å². The quantitative estimate of drug-likeness (QED) is 0.769. The molecule has 1 aromatic heterocycles. The first kappa shape index (κ1) is 15.0. The number of ether oxygens (including phenoxy) is 1. The number of hydrogen-bond acceptors (Lipinski definition) is 5. The van der Waals surface area contributed by atoms with E-state index in [1.54, 1.807) is 6.92 Å². The summed E-state index contributed by atoms with van der Waals surface area (Å²) in [5.74, 6) is 0.0656. The van der Waals surface area contributed by atoms with Crippen LogP contribution in [0.15, 0.2) is 10.8 Å². The van der Waals surface area contributed by atoms with Crippen molar-refractivity contribution < 1.29 is 13.9 Å². The fourth-order valence-electron chi connectivity index (χ4n) is 2.38. The molecule has 0 spiro atoms. The third kappa shape index (κ3) is 4.31. The largest absolute Gasteiger partial charge is 0.438 e. The summed E-state index contributed by atoms with van der Waals surface area (Å²) in [6.45, 7) is 2.98. The van der Waals surface area contributed by atoms with Gasteiger partial charge < -0.3 is 20.2 Å². The lowest BCUT2D eigenvalue weighted by Crippen LogP contribution is -2.31. The number of carbonyl (C=O) groups is 1. The monoisotopic (exact) mass is 281 g/mol. The molecule has 1 saturated carbocycles. The lowest BCUT2D eigenvalue weighted by atomic mass is 9.94. The first-order chi connectivity index (χ1) is 9.66. The van der Waals surface area contributed by atoms with Gasteiger partial charge in [0.25, 0.3) is 5.91 Å². The van der Waals surface area contributed by atoms with Crippen LogP contribution in [0, 0.1) is 6.92 Å². The van der Waals surface area contributed by atoms with Crippen LogP contribution < -0.4 is 11.1 Å². The number of amides is 1. The second kappa shape index (κ2) is 7.40.